The van der Waals surface area contributed by atoms with Gasteiger partial charge in [-0.1, -0.05) is 36.4 Å². The van der Waals surface area contributed by atoms with Crippen molar-refractivity contribution in [1.29, 1.82) is 0 Å². The van der Waals surface area contributed by atoms with Crippen molar-refractivity contribution in [3.63, 3.8) is 0 Å². The van der Waals surface area contributed by atoms with Crippen LogP contribution in [0.5, 0.6) is 0 Å². The van der Waals surface area contributed by atoms with Crippen molar-refractivity contribution in [2.45, 2.75) is 32.4 Å². The lowest BCUT2D eigenvalue weighted by Crippen LogP contribution is -2.28. The van der Waals surface area contributed by atoms with E-state index in [1.54, 1.807) is 6.08 Å². The van der Waals surface area contributed by atoms with Gasteiger partial charge in [-0.25, -0.2) is 4.98 Å². The first-order chi connectivity index (χ1) is 12.2. The van der Waals surface area contributed by atoms with Gasteiger partial charge in [-0.15, -0.1) is 6.58 Å². The first-order valence-corrected chi connectivity index (χ1v) is 8.51. The number of aromatic nitrogens is 2. The number of carbonyl (C=O) groups is 2. The van der Waals surface area contributed by atoms with Crippen molar-refractivity contribution in [2.24, 2.45) is 0 Å². The van der Waals surface area contributed by atoms with Crippen LogP contribution < -0.4 is 10.6 Å². The summed E-state index contributed by atoms with van der Waals surface area (Å²) in [7, 11) is 0. The van der Waals surface area contributed by atoms with Crippen LogP contribution >= 0.6 is 0 Å². The molecule has 0 aliphatic carbocycles. The summed E-state index contributed by atoms with van der Waals surface area (Å²) in [6.45, 7) is 5.11. The first kappa shape index (κ1) is 17.0. The van der Waals surface area contributed by atoms with Crippen LogP contribution in [0.4, 0.5) is 0 Å². The van der Waals surface area contributed by atoms with Crippen molar-refractivity contribution in [1.82, 2.24) is 20.2 Å². The van der Waals surface area contributed by atoms with Gasteiger partial charge in [-0.05, 0) is 24.8 Å². The van der Waals surface area contributed by atoms with Crippen molar-refractivity contribution < 1.29 is 9.59 Å². The quantitative estimate of drug-likeness (QED) is 0.792. The van der Waals surface area contributed by atoms with Gasteiger partial charge in [-0.3, -0.25) is 9.59 Å². The Labute approximate surface area is 147 Å². The summed E-state index contributed by atoms with van der Waals surface area (Å²) in [5, 5.41) is 5.63. The zero-order valence-electron chi connectivity index (χ0n) is 14.1. The lowest BCUT2D eigenvalue weighted by atomic mass is 10.1. The molecule has 6 nitrogen and oxygen atoms in total. The third-order valence-electron chi connectivity index (χ3n) is 4.24. The van der Waals surface area contributed by atoms with E-state index in [4.69, 9.17) is 0 Å². The smallest absolute Gasteiger partial charge is 0.287 e. The Morgan fingerprint density at radius 3 is 2.72 bits per heavy atom. The van der Waals surface area contributed by atoms with E-state index in [1.807, 2.05) is 34.9 Å². The zero-order valence-corrected chi connectivity index (χ0v) is 14.1. The van der Waals surface area contributed by atoms with Gasteiger partial charge in [0.15, 0.2) is 5.82 Å². The zero-order chi connectivity index (χ0) is 17.6. The maximum atomic E-state index is 12.6. The Balaban J connectivity index is 1.80. The Kier molecular flexibility index (Phi) is 5.28. The number of rotatable bonds is 6. The fourth-order valence-electron chi connectivity index (χ4n) is 3.00. The predicted molar refractivity (Wildman–Crippen MR) is 95.3 cm³/mol. The van der Waals surface area contributed by atoms with Gasteiger partial charge in [0, 0.05) is 19.6 Å². The highest BCUT2D eigenvalue weighted by atomic mass is 16.2. The number of carbonyl (C=O) groups excluding carboxylic acids is 2. The topological polar surface area (TPSA) is 76.0 Å². The van der Waals surface area contributed by atoms with Crippen molar-refractivity contribution in [3.8, 4) is 0 Å². The molecule has 0 saturated carbocycles. The molecule has 1 aromatic heterocycles. The predicted octanol–water partition coefficient (Wildman–Crippen LogP) is 2.07. The second-order valence-electron chi connectivity index (χ2n) is 6.01. The highest BCUT2D eigenvalue weighted by molar-refractivity contribution is 5.97. The standard InChI is InChI=1S/C19H22N4O2/c1-2-11-20-19(25)17-22-16(15-10-6-7-12-23(15)17)18(24)21-13-14-8-4-3-5-9-14/h2-5,8-9H,1,6-7,10-13H2,(H,20,25)(H,21,24). The number of amides is 2. The van der Waals surface area contributed by atoms with E-state index < -0.39 is 0 Å². The van der Waals surface area contributed by atoms with E-state index >= 15 is 0 Å². The van der Waals surface area contributed by atoms with Crippen molar-refractivity contribution in [3.05, 3.63) is 65.8 Å². The van der Waals surface area contributed by atoms with Crippen molar-refractivity contribution >= 4 is 11.8 Å². The monoisotopic (exact) mass is 338 g/mol. The first-order valence-electron chi connectivity index (χ1n) is 8.51. The molecular weight excluding hydrogens is 316 g/mol. The maximum Gasteiger partial charge on any atom is 0.287 e. The molecule has 2 N–H and O–H groups in total. The Hall–Kier alpha value is -2.89. The highest BCUT2D eigenvalue weighted by Crippen LogP contribution is 2.21. The average molecular weight is 338 g/mol. The molecule has 0 spiro atoms. The largest absolute Gasteiger partial charge is 0.347 e. The van der Waals surface area contributed by atoms with Gasteiger partial charge < -0.3 is 15.2 Å². The lowest BCUT2D eigenvalue weighted by molar-refractivity contribution is 0.0941. The summed E-state index contributed by atoms with van der Waals surface area (Å²) < 4.78 is 1.87. The minimum absolute atomic E-state index is 0.239. The molecular formula is C19H22N4O2. The van der Waals surface area contributed by atoms with Crippen LogP contribution in [0.1, 0.15) is 45.2 Å². The number of benzene rings is 1. The van der Waals surface area contributed by atoms with Gasteiger partial charge in [0.1, 0.15) is 5.69 Å². The highest BCUT2D eigenvalue weighted by Gasteiger charge is 2.27. The SMILES string of the molecule is C=CCNC(=O)c1nc(C(=O)NCc2ccccc2)c2n1CCCC2. The van der Waals surface area contributed by atoms with Crippen LogP contribution in [0.15, 0.2) is 43.0 Å². The summed E-state index contributed by atoms with van der Waals surface area (Å²) >= 11 is 0. The third-order valence-corrected chi connectivity index (χ3v) is 4.24. The molecule has 0 radical (unpaired) electrons. The summed E-state index contributed by atoms with van der Waals surface area (Å²) in [5.41, 5.74) is 2.23. The molecule has 6 heteroatoms. The van der Waals surface area contributed by atoms with E-state index in [0.717, 1.165) is 30.5 Å². The van der Waals surface area contributed by atoms with Crippen LogP contribution in [0.3, 0.4) is 0 Å². The summed E-state index contributed by atoms with van der Waals surface area (Å²) in [6.07, 6.45) is 4.36. The van der Waals surface area contributed by atoms with Gasteiger partial charge in [0.05, 0.1) is 5.69 Å². The molecule has 130 valence electrons. The molecule has 0 atom stereocenters. The van der Waals surface area contributed by atoms with E-state index in [9.17, 15) is 9.59 Å². The summed E-state index contributed by atoms with van der Waals surface area (Å²) in [4.78, 5) is 29.3. The Bertz CT molecular complexity index is 780. The molecule has 0 fully saturated rings. The van der Waals surface area contributed by atoms with Crippen LogP contribution in [-0.4, -0.2) is 27.9 Å². The fraction of sp³-hybridized carbons (Fsp3) is 0.316. The van der Waals surface area contributed by atoms with Crippen LogP contribution in [-0.2, 0) is 19.5 Å². The Morgan fingerprint density at radius 2 is 1.96 bits per heavy atom. The molecule has 1 aliphatic heterocycles. The number of fused-ring (bicyclic) bond motifs is 1. The molecule has 2 amide bonds. The summed E-state index contributed by atoms with van der Waals surface area (Å²) in [5.74, 6) is -0.205. The van der Waals surface area contributed by atoms with Gasteiger partial charge in [0.25, 0.3) is 11.8 Å². The van der Waals surface area contributed by atoms with Gasteiger partial charge in [-0.2, -0.15) is 0 Å². The third kappa shape index (κ3) is 3.79. The number of imidazole rings is 1. The van der Waals surface area contributed by atoms with E-state index in [2.05, 4.69) is 22.2 Å². The fourth-order valence-corrected chi connectivity index (χ4v) is 3.00. The molecule has 25 heavy (non-hydrogen) atoms. The normalized spacial score (nSPS) is 13.0. The number of hydrogen-bond acceptors (Lipinski definition) is 3. The van der Waals surface area contributed by atoms with Crippen LogP contribution in [0, 0.1) is 0 Å². The summed E-state index contributed by atoms with van der Waals surface area (Å²) in [6, 6.07) is 9.71. The number of nitrogens with one attached hydrogen (secondary N) is 2. The van der Waals surface area contributed by atoms with E-state index in [0.29, 0.717) is 31.2 Å². The second kappa shape index (κ2) is 7.79. The molecule has 1 aliphatic rings. The number of nitrogens with zero attached hydrogens (tertiary/aromatic N) is 2. The van der Waals surface area contributed by atoms with E-state index in [-0.39, 0.29) is 11.8 Å². The molecule has 2 aromatic rings. The Morgan fingerprint density at radius 1 is 1.16 bits per heavy atom. The average Bonchev–Trinajstić information content (AvgIpc) is 3.05. The molecule has 2 heterocycles. The molecule has 0 saturated heterocycles. The van der Waals surface area contributed by atoms with Crippen LogP contribution in [0.2, 0.25) is 0 Å². The van der Waals surface area contributed by atoms with Crippen molar-refractivity contribution in [2.75, 3.05) is 6.54 Å². The molecule has 0 bridgehead atoms. The minimum atomic E-state index is -0.273. The second-order valence-corrected chi connectivity index (χ2v) is 6.01. The number of hydrogen-bond donors (Lipinski definition) is 2. The molecule has 0 unspecified atom stereocenters. The van der Waals surface area contributed by atoms with E-state index in [1.165, 1.54) is 0 Å². The van der Waals surface area contributed by atoms with Gasteiger partial charge in [0.2, 0.25) is 0 Å². The lowest BCUT2D eigenvalue weighted by Gasteiger charge is -2.17. The molecule has 1 aromatic carbocycles. The van der Waals surface area contributed by atoms with Crippen LogP contribution in [0.25, 0.3) is 0 Å². The van der Waals surface area contributed by atoms with Gasteiger partial charge >= 0.3 is 0 Å². The molecule has 3 rings (SSSR count). The minimum Gasteiger partial charge on any atom is -0.347 e. The maximum absolute atomic E-state index is 12.6.